The van der Waals surface area contributed by atoms with E-state index in [1.54, 1.807) is 13.2 Å². The minimum Gasteiger partial charge on any atom is -0.395 e. The van der Waals surface area contributed by atoms with Crippen LogP contribution in [-0.2, 0) is 11.3 Å². The summed E-state index contributed by atoms with van der Waals surface area (Å²) in [6.07, 6.45) is 0. The molecule has 0 aromatic heterocycles. The van der Waals surface area contributed by atoms with Gasteiger partial charge >= 0.3 is 0 Å². The molecule has 0 bridgehead atoms. The van der Waals surface area contributed by atoms with E-state index >= 15 is 0 Å². The molecule has 0 saturated heterocycles. The third-order valence-corrected chi connectivity index (χ3v) is 2.73. The van der Waals surface area contributed by atoms with Crippen molar-refractivity contribution in [3.05, 3.63) is 33.9 Å². The van der Waals surface area contributed by atoms with Gasteiger partial charge in [0.05, 0.1) is 18.1 Å². The molecule has 0 atom stereocenters. The van der Waals surface area contributed by atoms with Crippen LogP contribution in [0.5, 0.6) is 0 Å². The summed E-state index contributed by atoms with van der Waals surface area (Å²) >= 11 is 0. The number of methoxy groups -OCH3 is 1. The maximum Gasteiger partial charge on any atom is 0.292 e. The molecule has 0 aliphatic rings. The number of anilines is 1. The fourth-order valence-electron chi connectivity index (χ4n) is 1.74. The Kier molecular flexibility index (Phi) is 6.20. The van der Waals surface area contributed by atoms with Gasteiger partial charge in [0.15, 0.2) is 0 Å². The number of rotatable bonds is 8. The van der Waals surface area contributed by atoms with E-state index in [9.17, 15) is 10.1 Å². The van der Waals surface area contributed by atoms with Crippen LogP contribution in [0, 0.1) is 10.1 Å². The highest BCUT2D eigenvalue weighted by Gasteiger charge is 2.13. The van der Waals surface area contributed by atoms with Crippen LogP contribution in [0.25, 0.3) is 0 Å². The SMILES string of the molecule is COCCN(CCO)Cc1ccc(N)c([N+](=O)[O-])c1. The average molecular weight is 269 g/mol. The number of nitrogens with zero attached hydrogens (tertiary/aromatic N) is 2. The predicted octanol–water partition coefficient (Wildman–Crippen LogP) is 0.618. The first kappa shape index (κ1) is 15.4. The molecule has 0 unspecified atom stereocenters. The first-order valence-electron chi connectivity index (χ1n) is 5.93. The molecule has 7 nitrogen and oxygen atoms in total. The van der Waals surface area contributed by atoms with Crippen LogP contribution in [0.1, 0.15) is 5.56 Å². The number of ether oxygens (including phenoxy) is 1. The van der Waals surface area contributed by atoms with Crippen molar-refractivity contribution in [2.75, 3.05) is 39.1 Å². The third kappa shape index (κ3) is 4.82. The molecule has 0 aliphatic heterocycles. The molecule has 1 rings (SSSR count). The summed E-state index contributed by atoms with van der Waals surface area (Å²) in [6.45, 7) is 2.21. The number of hydrogen-bond acceptors (Lipinski definition) is 6. The Labute approximate surface area is 111 Å². The summed E-state index contributed by atoms with van der Waals surface area (Å²) in [6, 6.07) is 4.74. The van der Waals surface area contributed by atoms with Crippen LogP contribution in [0.4, 0.5) is 11.4 Å². The predicted molar refractivity (Wildman–Crippen MR) is 71.7 cm³/mol. The minimum atomic E-state index is -0.496. The zero-order valence-corrected chi connectivity index (χ0v) is 10.9. The Bertz CT molecular complexity index is 425. The molecule has 19 heavy (non-hydrogen) atoms. The van der Waals surface area contributed by atoms with Crippen molar-refractivity contribution in [3.63, 3.8) is 0 Å². The van der Waals surface area contributed by atoms with Crippen LogP contribution in [0.2, 0.25) is 0 Å². The lowest BCUT2D eigenvalue weighted by Gasteiger charge is -2.20. The number of aliphatic hydroxyl groups excluding tert-OH is 1. The topological polar surface area (TPSA) is 102 Å². The number of benzene rings is 1. The van der Waals surface area contributed by atoms with Crippen molar-refractivity contribution in [2.45, 2.75) is 6.54 Å². The largest absolute Gasteiger partial charge is 0.395 e. The molecule has 7 heteroatoms. The first-order chi connectivity index (χ1) is 9.08. The maximum absolute atomic E-state index is 10.8. The molecule has 1 aromatic rings. The van der Waals surface area contributed by atoms with Crippen LogP contribution in [0.3, 0.4) is 0 Å². The highest BCUT2D eigenvalue weighted by molar-refractivity contribution is 5.59. The van der Waals surface area contributed by atoms with Crippen LogP contribution >= 0.6 is 0 Å². The van der Waals surface area contributed by atoms with Crippen molar-refractivity contribution in [2.24, 2.45) is 0 Å². The first-order valence-corrected chi connectivity index (χ1v) is 5.93. The summed E-state index contributed by atoms with van der Waals surface area (Å²) in [4.78, 5) is 12.3. The van der Waals surface area contributed by atoms with Gasteiger partial charge in [0.2, 0.25) is 0 Å². The Morgan fingerprint density at radius 2 is 2.21 bits per heavy atom. The smallest absolute Gasteiger partial charge is 0.292 e. The van der Waals surface area contributed by atoms with Gasteiger partial charge in [0.25, 0.3) is 5.69 Å². The highest BCUT2D eigenvalue weighted by Crippen LogP contribution is 2.22. The standard InChI is InChI=1S/C12H19N3O4/c1-19-7-5-14(4-6-16)9-10-2-3-11(13)12(8-10)15(17)18/h2-3,8,16H,4-7,9,13H2,1H3. The van der Waals surface area contributed by atoms with Gasteiger partial charge in [-0.3, -0.25) is 15.0 Å². The molecule has 0 spiro atoms. The number of aliphatic hydroxyl groups is 1. The van der Waals surface area contributed by atoms with E-state index in [2.05, 4.69) is 0 Å². The van der Waals surface area contributed by atoms with Crippen LogP contribution in [-0.4, -0.2) is 48.3 Å². The van der Waals surface area contributed by atoms with Crippen molar-refractivity contribution >= 4 is 11.4 Å². The molecule has 0 saturated carbocycles. The molecule has 0 fully saturated rings. The van der Waals surface area contributed by atoms with Gasteiger partial charge in [-0.15, -0.1) is 0 Å². The van der Waals surface area contributed by atoms with E-state index in [0.717, 1.165) is 5.56 Å². The highest BCUT2D eigenvalue weighted by atomic mass is 16.6. The third-order valence-electron chi connectivity index (χ3n) is 2.73. The summed E-state index contributed by atoms with van der Waals surface area (Å²) in [5.74, 6) is 0. The molecule has 1 aromatic carbocycles. The molecular weight excluding hydrogens is 250 g/mol. The Morgan fingerprint density at radius 1 is 1.47 bits per heavy atom. The van der Waals surface area contributed by atoms with E-state index in [1.165, 1.54) is 12.1 Å². The molecule has 106 valence electrons. The second-order valence-electron chi connectivity index (χ2n) is 4.14. The molecule has 3 N–H and O–H groups in total. The number of nitro benzene ring substituents is 1. The second-order valence-corrected chi connectivity index (χ2v) is 4.14. The van der Waals surface area contributed by atoms with Crippen LogP contribution in [0.15, 0.2) is 18.2 Å². The molecular formula is C12H19N3O4. The van der Waals surface area contributed by atoms with Gasteiger partial charge in [-0.2, -0.15) is 0 Å². The number of nitrogens with two attached hydrogens (primary N) is 1. The molecule has 0 aliphatic carbocycles. The monoisotopic (exact) mass is 269 g/mol. The Morgan fingerprint density at radius 3 is 2.79 bits per heavy atom. The number of hydrogen-bond donors (Lipinski definition) is 2. The van der Waals surface area contributed by atoms with Crippen molar-refractivity contribution in [3.8, 4) is 0 Å². The zero-order valence-electron chi connectivity index (χ0n) is 10.9. The van der Waals surface area contributed by atoms with Gasteiger partial charge in [-0.1, -0.05) is 6.07 Å². The van der Waals surface area contributed by atoms with Gasteiger partial charge in [-0.25, -0.2) is 0 Å². The minimum absolute atomic E-state index is 0.0286. The maximum atomic E-state index is 10.8. The quantitative estimate of drug-likeness (QED) is 0.407. The van der Waals surface area contributed by atoms with E-state index in [1.807, 2.05) is 4.90 Å². The molecule has 0 heterocycles. The van der Waals surface area contributed by atoms with Crippen molar-refractivity contribution in [1.29, 1.82) is 0 Å². The Balaban J connectivity index is 2.78. The number of nitro groups is 1. The van der Waals surface area contributed by atoms with E-state index in [4.69, 9.17) is 15.6 Å². The van der Waals surface area contributed by atoms with E-state index in [0.29, 0.717) is 26.2 Å². The summed E-state index contributed by atoms with van der Waals surface area (Å²) in [5.41, 5.74) is 6.39. The lowest BCUT2D eigenvalue weighted by atomic mass is 10.1. The normalized spacial score (nSPS) is 10.9. The molecule has 0 radical (unpaired) electrons. The average Bonchev–Trinajstić information content (AvgIpc) is 2.38. The van der Waals surface area contributed by atoms with Gasteiger partial charge in [0.1, 0.15) is 5.69 Å². The molecule has 0 amide bonds. The zero-order chi connectivity index (χ0) is 14.3. The van der Waals surface area contributed by atoms with Crippen molar-refractivity contribution in [1.82, 2.24) is 4.90 Å². The van der Waals surface area contributed by atoms with E-state index in [-0.39, 0.29) is 18.0 Å². The van der Waals surface area contributed by atoms with Crippen LogP contribution < -0.4 is 5.73 Å². The lowest BCUT2D eigenvalue weighted by molar-refractivity contribution is -0.384. The summed E-state index contributed by atoms with van der Waals surface area (Å²) in [5, 5.41) is 19.8. The van der Waals surface area contributed by atoms with Gasteiger partial charge < -0.3 is 15.6 Å². The fourth-order valence-corrected chi connectivity index (χ4v) is 1.74. The van der Waals surface area contributed by atoms with Crippen molar-refractivity contribution < 1.29 is 14.8 Å². The van der Waals surface area contributed by atoms with Gasteiger partial charge in [0, 0.05) is 32.8 Å². The van der Waals surface area contributed by atoms with E-state index < -0.39 is 4.92 Å². The summed E-state index contributed by atoms with van der Waals surface area (Å²) < 4.78 is 4.99. The second kappa shape index (κ2) is 7.67. The Hall–Kier alpha value is -1.70. The lowest BCUT2D eigenvalue weighted by Crippen LogP contribution is -2.29. The van der Waals surface area contributed by atoms with Gasteiger partial charge in [-0.05, 0) is 11.6 Å². The summed E-state index contributed by atoms with van der Waals surface area (Å²) in [7, 11) is 1.60. The number of nitrogen functional groups attached to an aromatic ring is 1. The fraction of sp³-hybridized carbons (Fsp3) is 0.500.